The van der Waals surface area contributed by atoms with Gasteiger partial charge in [0.2, 0.25) is 0 Å². The van der Waals surface area contributed by atoms with Crippen LogP contribution >= 0.6 is 11.5 Å². The highest BCUT2D eigenvalue weighted by molar-refractivity contribution is 7.05. The number of hydrogen-bond donors (Lipinski definition) is 0. The molecule has 4 nitrogen and oxygen atoms in total. The van der Waals surface area contributed by atoms with Crippen molar-refractivity contribution in [1.29, 1.82) is 0 Å². The molecule has 2 atom stereocenters. The molecule has 88 valence electrons. The highest BCUT2D eigenvalue weighted by Crippen LogP contribution is 2.38. The molecule has 0 saturated heterocycles. The van der Waals surface area contributed by atoms with Gasteiger partial charge in [0.15, 0.2) is 0 Å². The third-order valence-electron chi connectivity index (χ3n) is 3.13. The largest absolute Gasteiger partial charge is 0.469 e. The van der Waals surface area contributed by atoms with E-state index in [0.29, 0.717) is 0 Å². The van der Waals surface area contributed by atoms with E-state index in [9.17, 15) is 4.79 Å². The first-order valence-electron chi connectivity index (χ1n) is 5.60. The van der Waals surface area contributed by atoms with E-state index in [-0.39, 0.29) is 17.8 Å². The van der Waals surface area contributed by atoms with Crippen molar-refractivity contribution in [3.63, 3.8) is 0 Å². The molecule has 1 saturated carbocycles. The molecule has 1 fully saturated rings. The van der Waals surface area contributed by atoms with Crippen molar-refractivity contribution < 1.29 is 9.53 Å². The summed E-state index contributed by atoms with van der Waals surface area (Å²) in [5, 5.41) is 0.993. The van der Waals surface area contributed by atoms with E-state index in [1.54, 1.807) is 0 Å². The lowest BCUT2D eigenvalue weighted by atomic mass is 9.79. The van der Waals surface area contributed by atoms with Crippen molar-refractivity contribution in [2.75, 3.05) is 7.11 Å². The predicted molar refractivity (Wildman–Crippen MR) is 61.4 cm³/mol. The van der Waals surface area contributed by atoms with Gasteiger partial charge in [-0.3, -0.25) is 4.79 Å². The fraction of sp³-hybridized carbons (Fsp3) is 0.727. The second-order valence-electron chi connectivity index (χ2n) is 4.20. The lowest BCUT2D eigenvalue weighted by Gasteiger charge is -2.27. The summed E-state index contributed by atoms with van der Waals surface area (Å²) in [7, 11) is 1.46. The van der Waals surface area contributed by atoms with Gasteiger partial charge in [0.05, 0.1) is 13.0 Å². The average Bonchev–Trinajstić information content (AvgIpc) is 2.75. The fourth-order valence-electron chi connectivity index (χ4n) is 2.32. The lowest BCUT2D eigenvalue weighted by Crippen LogP contribution is -2.26. The van der Waals surface area contributed by atoms with E-state index < -0.39 is 0 Å². The Bertz CT molecular complexity index is 378. The Hall–Kier alpha value is -0.970. The van der Waals surface area contributed by atoms with Gasteiger partial charge in [0.1, 0.15) is 10.8 Å². The number of methoxy groups -OCH3 is 1. The highest BCUT2D eigenvalue weighted by Gasteiger charge is 2.34. The van der Waals surface area contributed by atoms with Crippen LogP contribution in [-0.4, -0.2) is 22.4 Å². The van der Waals surface area contributed by atoms with E-state index in [1.807, 2.05) is 6.92 Å². The third kappa shape index (κ3) is 2.24. The summed E-state index contributed by atoms with van der Waals surface area (Å²) in [6.45, 7) is 1.88. The van der Waals surface area contributed by atoms with Gasteiger partial charge in [-0.05, 0) is 31.3 Å². The van der Waals surface area contributed by atoms with Gasteiger partial charge >= 0.3 is 5.97 Å². The normalized spacial score (nSPS) is 25.4. The van der Waals surface area contributed by atoms with Gasteiger partial charge in [-0.2, -0.15) is 4.37 Å². The molecule has 0 aromatic carbocycles. The molecule has 1 aromatic heterocycles. The van der Waals surface area contributed by atoms with Crippen LogP contribution in [0.15, 0.2) is 0 Å². The van der Waals surface area contributed by atoms with Gasteiger partial charge in [0.25, 0.3) is 0 Å². The topological polar surface area (TPSA) is 52.1 Å². The molecule has 0 N–H and O–H groups in total. The van der Waals surface area contributed by atoms with Crippen LogP contribution in [0, 0.1) is 12.8 Å². The van der Waals surface area contributed by atoms with Gasteiger partial charge < -0.3 is 4.74 Å². The SMILES string of the molecule is COC(=O)C1CCCCC1c1nc(C)ns1. The molecule has 1 heterocycles. The van der Waals surface area contributed by atoms with Crippen LogP contribution in [0.1, 0.15) is 42.4 Å². The Kier molecular flexibility index (Phi) is 3.53. The fourth-order valence-corrected chi connectivity index (χ4v) is 3.18. The molecule has 16 heavy (non-hydrogen) atoms. The van der Waals surface area contributed by atoms with Gasteiger partial charge in [-0.1, -0.05) is 12.8 Å². The number of ether oxygens (including phenoxy) is 1. The first-order valence-corrected chi connectivity index (χ1v) is 6.37. The minimum Gasteiger partial charge on any atom is -0.469 e. The molecule has 2 unspecified atom stereocenters. The standard InChI is InChI=1S/C11H16N2O2S/c1-7-12-10(16-13-7)8-5-3-4-6-9(8)11(14)15-2/h8-9H,3-6H2,1-2H3. The minimum atomic E-state index is -0.0995. The molecule has 5 heteroatoms. The van der Waals surface area contributed by atoms with E-state index in [0.717, 1.165) is 36.5 Å². The van der Waals surface area contributed by atoms with Gasteiger partial charge in [0, 0.05) is 5.92 Å². The molecule has 1 aliphatic rings. The first-order chi connectivity index (χ1) is 7.72. The Labute approximate surface area is 99.2 Å². The molecule has 0 aliphatic heterocycles. The maximum atomic E-state index is 11.7. The van der Waals surface area contributed by atoms with E-state index in [1.165, 1.54) is 18.6 Å². The molecule has 1 aromatic rings. The van der Waals surface area contributed by atoms with Crippen LogP contribution in [0.5, 0.6) is 0 Å². The Morgan fingerprint density at radius 1 is 1.44 bits per heavy atom. The number of esters is 1. The van der Waals surface area contributed by atoms with E-state index >= 15 is 0 Å². The van der Waals surface area contributed by atoms with Crippen molar-refractivity contribution in [2.45, 2.75) is 38.5 Å². The second kappa shape index (κ2) is 4.91. The average molecular weight is 240 g/mol. The Balaban J connectivity index is 2.19. The van der Waals surface area contributed by atoms with Gasteiger partial charge in [-0.15, -0.1) is 0 Å². The summed E-state index contributed by atoms with van der Waals surface area (Å²) in [4.78, 5) is 16.1. The maximum Gasteiger partial charge on any atom is 0.309 e. The van der Waals surface area contributed by atoms with Crippen molar-refractivity contribution in [3.05, 3.63) is 10.8 Å². The summed E-state index contributed by atoms with van der Waals surface area (Å²) in [6.07, 6.45) is 4.20. The lowest BCUT2D eigenvalue weighted by molar-refractivity contribution is -0.147. The van der Waals surface area contributed by atoms with Crippen LogP contribution in [0.3, 0.4) is 0 Å². The summed E-state index contributed by atoms with van der Waals surface area (Å²) in [6, 6.07) is 0. The number of rotatable bonds is 2. The molecular formula is C11H16N2O2S. The first kappa shape index (κ1) is 11.5. The quantitative estimate of drug-likeness (QED) is 0.744. The van der Waals surface area contributed by atoms with Crippen LogP contribution in [0.25, 0.3) is 0 Å². The molecule has 0 bridgehead atoms. The highest BCUT2D eigenvalue weighted by atomic mass is 32.1. The van der Waals surface area contributed by atoms with Crippen molar-refractivity contribution in [1.82, 2.24) is 9.36 Å². The van der Waals surface area contributed by atoms with Crippen LogP contribution in [0.4, 0.5) is 0 Å². The monoisotopic (exact) mass is 240 g/mol. The minimum absolute atomic E-state index is 0.0221. The zero-order chi connectivity index (χ0) is 11.5. The van der Waals surface area contributed by atoms with Crippen LogP contribution in [-0.2, 0) is 9.53 Å². The van der Waals surface area contributed by atoms with Crippen LogP contribution < -0.4 is 0 Å². The molecule has 0 amide bonds. The Morgan fingerprint density at radius 2 is 2.19 bits per heavy atom. The number of carbonyl (C=O) groups is 1. The molecule has 2 rings (SSSR count). The van der Waals surface area contributed by atoms with Gasteiger partial charge in [-0.25, -0.2) is 4.98 Å². The predicted octanol–water partition coefficient (Wildman–Crippen LogP) is 2.29. The second-order valence-corrected chi connectivity index (χ2v) is 4.98. The van der Waals surface area contributed by atoms with Crippen molar-refractivity contribution in [3.8, 4) is 0 Å². The number of nitrogens with zero attached hydrogens (tertiary/aromatic N) is 2. The smallest absolute Gasteiger partial charge is 0.309 e. The zero-order valence-electron chi connectivity index (χ0n) is 9.60. The number of hydrogen-bond acceptors (Lipinski definition) is 5. The molecular weight excluding hydrogens is 224 g/mol. The summed E-state index contributed by atoms with van der Waals surface area (Å²) in [5.41, 5.74) is 0. The summed E-state index contributed by atoms with van der Waals surface area (Å²) < 4.78 is 9.06. The molecule has 1 aliphatic carbocycles. The molecule has 0 spiro atoms. The number of aryl methyl sites for hydroxylation is 1. The zero-order valence-corrected chi connectivity index (χ0v) is 10.4. The molecule has 0 radical (unpaired) electrons. The van der Waals surface area contributed by atoms with Crippen molar-refractivity contribution in [2.24, 2.45) is 5.92 Å². The summed E-state index contributed by atoms with van der Waals surface area (Å²) >= 11 is 1.42. The third-order valence-corrected chi connectivity index (χ3v) is 4.07. The summed E-state index contributed by atoms with van der Waals surface area (Å²) in [5.74, 6) is 0.894. The maximum absolute atomic E-state index is 11.7. The number of carbonyl (C=O) groups excluding carboxylic acids is 1. The Morgan fingerprint density at radius 3 is 2.81 bits per heavy atom. The van der Waals surface area contributed by atoms with E-state index in [2.05, 4.69) is 9.36 Å². The van der Waals surface area contributed by atoms with E-state index in [4.69, 9.17) is 4.74 Å². The van der Waals surface area contributed by atoms with Crippen LogP contribution in [0.2, 0.25) is 0 Å². The van der Waals surface area contributed by atoms with Crippen molar-refractivity contribution >= 4 is 17.5 Å². The number of aromatic nitrogens is 2.